The third-order valence-electron chi connectivity index (χ3n) is 6.00. The van der Waals surface area contributed by atoms with Crippen LogP contribution in [0.4, 0.5) is 5.95 Å². The van der Waals surface area contributed by atoms with Crippen molar-refractivity contribution in [1.82, 2.24) is 29.1 Å². The summed E-state index contributed by atoms with van der Waals surface area (Å²) < 4.78 is 33.0. The summed E-state index contributed by atoms with van der Waals surface area (Å²) in [5, 5.41) is 22.2. The number of sulfonamides is 1. The molecule has 0 bridgehead atoms. The molecule has 3 heterocycles. The summed E-state index contributed by atoms with van der Waals surface area (Å²) in [6.45, 7) is 2.27. The monoisotopic (exact) mass is 505 g/mol. The van der Waals surface area contributed by atoms with E-state index in [1.54, 1.807) is 25.7 Å². The summed E-state index contributed by atoms with van der Waals surface area (Å²) in [6, 6.07) is 2.09. The Bertz CT molecular complexity index is 1290. The molecule has 1 aliphatic rings. The van der Waals surface area contributed by atoms with Gasteiger partial charge in [0.2, 0.25) is 16.0 Å². The van der Waals surface area contributed by atoms with Crippen molar-refractivity contribution in [2.75, 3.05) is 25.3 Å². The molecule has 1 saturated carbocycles. The van der Waals surface area contributed by atoms with Crippen LogP contribution in [0.2, 0.25) is 0 Å². The number of anilines is 1. The fourth-order valence-corrected chi connectivity index (χ4v) is 4.94. The van der Waals surface area contributed by atoms with Gasteiger partial charge in [-0.15, -0.1) is 5.10 Å². The Balaban J connectivity index is 1.67. The van der Waals surface area contributed by atoms with Gasteiger partial charge in [-0.3, -0.25) is 14.2 Å². The van der Waals surface area contributed by atoms with E-state index in [1.165, 1.54) is 4.68 Å². The number of nitrogens with zero attached hydrogens (tertiary/aromatic N) is 5. The number of aromatic nitrogens is 5. The molecule has 0 spiro atoms. The molecule has 0 aromatic carbocycles. The van der Waals surface area contributed by atoms with Gasteiger partial charge in [0.15, 0.2) is 0 Å². The molecule has 1 aliphatic carbocycles. The van der Waals surface area contributed by atoms with Gasteiger partial charge in [-0.05, 0) is 38.7 Å². The predicted molar refractivity (Wildman–Crippen MR) is 129 cm³/mol. The Morgan fingerprint density at radius 3 is 2.71 bits per heavy atom. The molecule has 0 aliphatic heterocycles. The lowest BCUT2D eigenvalue weighted by Gasteiger charge is -2.25. The van der Waals surface area contributed by atoms with Crippen molar-refractivity contribution < 1.29 is 23.1 Å². The molecule has 3 N–H and O–H groups in total. The van der Waals surface area contributed by atoms with Gasteiger partial charge in [0.25, 0.3) is 5.91 Å². The van der Waals surface area contributed by atoms with Gasteiger partial charge in [-0.2, -0.15) is 5.10 Å². The lowest BCUT2D eigenvalue weighted by Crippen LogP contribution is -2.32. The maximum absolute atomic E-state index is 12.0. The van der Waals surface area contributed by atoms with Crippen LogP contribution in [0.1, 0.15) is 44.2 Å². The highest BCUT2D eigenvalue weighted by Gasteiger charge is 2.26. The summed E-state index contributed by atoms with van der Waals surface area (Å²) in [5.74, 6) is 0.0402. The lowest BCUT2D eigenvalue weighted by molar-refractivity contribution is -0.120. The van der Waals surface area contributed by atoms with Crippen LogP contribution in [0.15, 0.2) is 24.7 Å². The first-order valence-corrected chi connectivity index (χ1v) is 13.4. The lowest BCUT2D eigenvalue weighted by atomic mass is 9.85. The van der Waals surface area contributed by atoms with E-state index in [0.717, 1.165) is 54.3 Å². The van der Waals surface area contributed by atoms with E-state index in [4.69, 9.17) is 9.84 Å². The Morgan fingerprint density at radius 1 is 1.29 bits per heavy atom. The number of carbonyl (C=O) groups excluding carboxylic acids is 1. The van der Waals surface area contributed by atoms with Gasteiger partial charge >= 0.3 is 0 Å². The van der Waals surface area contributed by atoms with Crippen molar-refractivity contribution in [3.8, 4) is 11.1 Å². The summed E-state index contributed by atoms with van der Waals surface area (Å²) >= 11 is 0. The molecule has 3 aromatic heterocycles. The number of aliphatic hydroxyl groups excluding tert-OH is 1. The van der Waals surface area contributed by atoms with Crippen LogP contribution >= 0.6 is 0 Å². The fourth-order valence-electron chi connectivity index (χ4n) is 4.46. The second kappa shape index (κ2) is 10.3. The summed E-state index contributed by atoms with van der Waals surface area (Å²) in [7, 11) is -2.00. The average molecular weight is 506 g/mol. The van der Waals surface area contributed by atoms with Crippen LogP contribution in [0.3, 0.4) is 0 Å². The second-order valence-electron chi connectivity index (χ2n) is 9.09. The van der Waals surface area contributed by atoms with Gasteiger partial charge in [0, 0.05) is 42.1 Å². The minimum atomic E-state index is -3.64. The zero-order valence-electron chi connectivity index (χ0n) is 20.0. The Hall–Kier alpha value is -3.03. The van der Waals surface area contributed by atoms with E-state index in [1.807, 2.05) is 16.2 Å². The molecule has 35 heavy (non-hydrogen) atoms. The fraction of sp³-hybridized carbons (Fsp3) is 0.545. The van der Waals surface area contributed by atoms with Gasteiger partial charge in [-0.25, -0.2) is 17.9 Å². The van der Waals surface area contributed by atoms with E-state index in [9.17, 15) is 18.3 Å². The third-order valence-corrected chi connectivity index (χ3v) is 6.60. The molecule has 1 atom stereocenters. The largest absolute Gasteiger partial charge is 0.393 e. The number of methoxy groups -OCH3 is 1. The van der Waals surface area contributed by atoms with Crippen LogP contribution in [-0.4, -0.2) is 75.9 Å². The minimum Gasteiger partial charge on any atom is -0.393 e. The molecule has 12 nitrogen and oxygen atoms in total. The zero-order valence-corrected chi connectivity index (χ0v) is 20.8. The highest BCUT2D eigenvalue weighted by molar-refractivity contribution is 7.89. The molecule has 1 fully saturated rings. The van der Waals surface area contributed by atoms with Crippen LogP contribution in [0.5, 0.6) is 0 Å². The van der Waals surface area contributed by atoms with Crippen LogP contribution in [0.25, 0.3) is 16.6 Å². The smallest absolute Gasteiger partial charge is 0.255 e. The van der Waals surface area contributed by atoms with Crippen LogP contribution < -0.4 is 10.0 Å². The first-order valence-electron chi connectivity index (χ1n) is 11.5. The molecule has 4 rings (SSSR count). The second-order valence-corrected chi connectivity index (χ2v) is 10.8. The van der Waals surface area contributed by atoms with Gasteiger partial charge < -0.3 is 15.2 Å². The maximum Gasteiger partial charge on any atom is 0.255 e. The topological polar surface area (TPSA) is 153 Å². The normalized spacial score (nSPS) is 19.5. The Labute approximate surface area is 203 Å². The SMILES string of the molecule is COC[C@H](C)Nc1ncc2c(-c3cnn(CC(=O)NS(C)(=O)=O)c3)cc(C3CCC(O)CC3)n2n1. The molecule has 1 amide bonds. The van der Waals surface area contributed by atoms with Gasteiger partial charge in [0.05, 0.1) is 36.9 Å². The van der Waals surface area contributed by atoms with Crippen molar-refractivity contribution in [3.05, 3.63) is 30.4 Å². The van der Waals surface area contributed by atoms with Crippen molar-refractivity contribution in [3.63, 3.8) is 0 Å². The highest BCUT2D eigenvalue weighted by Crippen LogP contribution is 2.37. The summed E-state index contributed by atoms with van der Waals surface area (Å²) in [5.41, 5.74) is 3.43. The quantitative estimate of drug-likeness (QED) is 0.388. The molecular weight excluding hydrogens is 474 g/mol. The first-order chi connectivity index (χ1) is 16.6. The average Bonchev–Trinajstić information content (AvgIpc) is 3.37. The van der Waals surface area contributed by atoms with Crippen molar-refractivity contribution in [2.24, 2.45) is 0 Å². The number of amides is 1. The summed E-state index contributed by atoms with van der Waals surface area (Å²) in [4.78, 5) is 16.5. The summed E-state index contributed by atoms with van der Waals surface area (Å²) in [6.07, 6.45) is 8.91. The molecule has 0 saturated heterocycles. The van der Waals surface area contributed by atoms with Crippen molar-refractivity contribution >= 4 is 27.4 Å². The number of hydrogen-bond donors (Lipinski definition) is 3. The maximum atomic E-state index is 12.0. The number of aliphatic hydroxyl groups is 1. The van der Waals surface area contributed by atoms with Crippen molar-refractivity contribution in [1.29, 1.82) is 0 Å². The number of fused-ring (bicyclic) bond motifs is 1. The first kappa shape index (κ1) is 25.1. The van der Waals surface area contributed by atoms with E-state index in [0.29, 0.717) is 12.6 Å². The van der Waals surface area contributed by atoms with E-state index in [2.05, 4.69) is 21.5 Å². The molecule has 190 valence electrons. The number of carbonyl (C=O) groups is 1. The van der Waals surface area contributed by atoms with Crippen molar-refractivity contribution in [2.45, 2.75) is 57.2 Å². The van der Waals surface area contributed by atoms with E-state index < -0.39 is 15.9 Å². The standard InChI is InChI=1S/C22H31N7O5S/c1-14(13-34-2)25-22-23-10-20-18(8-19(29(20)26-22)15-4-6-17(30)7-5-15)16-9-24-28(11-16)12-21(31)27-35(3,32)33/h8-11,14-15,17,30H,4-7,12-13H2,1-3H3,(H,25,26)(H,27,31)/t14-,15?,17?/m0/s1. The molecule has 13 heteroatoms. The molecule has 0 unspecified atom stereocenters. The predicted octanol–water partition coefficient (Wildman–Crippen LogP) is 1.13. The number of ether oxygens (including phenoxy) is 1. The minimum absolute atomic E-state index is 0.0251. The zero-order chi connectivity index (χ0) is 25.2. The number of hydrogen-bond acceptors (Lipinski definition) is 9. The van der Waals surface area contributed by atoms with Gasteiger partial charge in [-0.1, -0.05) is 0 Å². The Morgan fingerprint density at radius 2 is 2.03 bits per heavy atom. The van der Waals surface area contributed by atoms with Crippen LogP contribution in [0, 0.1) is 0 Å². The van der Waals surface area contributed by atoms with Crippen LogP contribution in [-0.2, 0) is 26.1 Å². The number of rotatable bonds is 9. The Kier molecular flexibility index (Phi) is 7.38. The number of nitrogens with one attached hydrogen (secondary N) is 2. The van der Waals surface area contributed by atoms with E-state index >= 15 is 0 Å². The molecular formula is C22H31N7O5S. The molecule has 0 radical (unpaired) electrons. The highest BCUT2D eigenvalue weighted by atomic mass is 32.2. The third kappa shape index (κ3) is 6.16. The van der Waals surface area contributed by atoms with E-state index in [-0.39, 0.29) is 24.6 Å². The molecule has 3 aromatic rings. The van der Waals surface area contributed by atoms with Gasteiger partial charge in [0.1, 0.15) is 6.54 Å².